The summed E-state index contributed by atoms with van der Waals surface area (Å²) < 4.78 is 2.31. The molecule has 0 aliphatic carbocycles. The van der Waals surface area contributed by atoms with Gasteiger partial charge in [0.2, 0.25) is 0 Å². The third-order valence-corrected chi connectivity index (χ3v) is 10.7. The largest absolute Gasteiger partial charge is 0.309 e. The predicted molar refractivity (Wildman–Crippen MR) is 229 cm³/mol. The highest BCUT2D eigenvalue weighted by atomic mass is 15.0. The number of benzene rings is 9. The maximum atomic E-state index is 10.4. The van der Waals surface area contributed by atoms with Crippen LogP contribution < -0.4 is 0 Å². The van der Waals surface area contributed by atoms with Crippen LogP contribution >= 0.6 is 0 Å². The third-order valence-electron chi connectivity index (χ3n) is 10.7. The normalized spacial score (nSPS) is 11.2. The molecule has 0 unspecified atom stereocenters. The minimum absolute atomic E-state index is 0.543. The Kier molecular flexibility index (Phi) is 7.58. The van der Waals surface area contributed by atoms with Gasteiger partial charge in [-0.2, -0.15) is 5.26 Å². The van der Waals surface area contributed by atoms with Crippen molar-refractivity contribution in [2.45, 2.75) is 0 Å². The Balaban J connectivity index is 1.16. The van der Waals surface area contributed by atoms with Crippen LogP contribution in [0.4, 0.5) is 5.69 Å². The number of nitrogens with zero attached hydrogens (tertiary/aromatic N) is 3. The van der Waals surface area contributed by atoms with Crippen molar-refractivity contribution in [2.24, 2.45) is 0 Å². The van der Waals surface area contributed by atoms with Gasteiger partial charge in [-0.25, -0.2) is 4.85 Å². The van der Waals surface area contributed by atoms with Crippen LogP contribution in [0, 0.1) is 17.9 Å². The van der Waals surface area contributed by atoms with Crippen molar-refractivity contribution in [1.82, 2.24) is 4.57 Å². The zero-order valence-electron chi connectivity index (χ0n) is 29.7. The highest BCUT2D eigenvalue weighted by Crippen LogP contribution is 2.45. The second-order valence-corrected chi connectivity index (χ2v) is 13.9. The zero-order valence-corrected chi connectivity index (χ0v) is 29.7. The third kappa shape index (κ3) is 5.35. The van der Waals surface area contributed by atoms with Crippen molar-refractivity contribution < 1.29 is 0 Å². The van der Waals surface area contributed by atoms with Crippen molar-refractivity contribution in [3.63, 3.8) is 0 Å². The fourth-order valence-corrected chi connectivity index (χ4v) is 8.39. The Bertz CT molecular complexity index is 3120. The van der Waals surface area contributed by atoms with E-state index in [4.69, 9.17) is 6.57 Å². The molecule has 1 heterocycles. The van der Waals surface area contributed by atoms with Gasteiger partial charge in [0.05, 0.1) is 29.2 Å². The van der Waals surface area contributed by atoms with Crippen LogP contribution in [0.15, 0.2) is 188 Å². The first kappa shape index (κ1) is 32.0. The molecule has 0 saturated carbocycles. The van der Waals surface area contributed by atoms with E-state index in [1.807, 2.05) is 30.3 Å². The van der Waals surface area contributed by atoms with Gasteiger partial charge in [0.1, 0.15) is 0 Å². The number of para-hydroxylation sites is 2. The summed E-state index contributed by atoms with van der Waals surface area (Å²) in [6, 6.07) is 67.8. The molecule has 0 spiro atoms. The first-order chi connectivity index (χ1) is 27.2. The van der Waals surface area contributed by atoms with Crippen molar-refractivity contribution in [2.75, 3.05) is 0 Å². The summed E-state index contributed by atoms with van der Waals surface area (Å²) in [7, 11) is 0. The molecule has 0 aliphatic rings. The molecule has 0 bridgehead atoms. The molecule has 9 aromatic carbocycles. The molecule has 0 aliphatic heterocycles. The second-order valence-electron chi connectivity index (χ2n) is 13.9. The summed E-state index contributed by atoms with van der Waals surface area (Å²) in [5, 5.41) is 17.4. The monoisotopic (exact) mass is 697 g/mol. The molecule has 0 fully saturated rings. The van der Waals surface area contributed by atoms with Gasteiger partial charge in [-0.3, -0.25) is 0 Å². The van der Waals surface area contributed by atoms with Crippen molar-refractivity contribution in [3.05, 3.63) is 205 Å². The molecule has 10 rings (SSSR count). The lowest BCUT2D eigenvalue weighted by molar-refractivity contribution is 1.18. The highest BCUT2D eigenvalue weighted by molar-refractivity contribution is 6.21. The molecule has 0 N–H and O–H groups in total. The van der Waals surface area contributed by atoms with Gasteiger partial charge >= 0.3 is 0 Å². The SMILES string of the molecule is [C-]#[N+]c1cc(-c2cc(C#N)cc(-c3c4ccccc4c(-c4ccccc4)c4ccccc34)c2)cc(-c2cccc(-n3c4ccccc4c4ccccc43)c2)c1. The van der Waals surface area contributed by atoms with E-state index in [0.29, 0.717) is 11.3 Å². The summed E-state index contributed by atoms with van der Waals surface area (Å²) in [5.41, 5.74) is 12.6. The number of nitriles is 1. The molecule has 10 aromatic rings. The van der Waals surface area contributed by atoms with E-state index in [1.165, 1.54) is 21.9 Å². The Morgan fingerprint density at radius 2 is 0.855 bits per heavy atom. The topological polar surface area (TPSA) is 33.1 Å². The fraction of sp³-hybridized carbons (Fsp3) is 0. The van der Waals surface area contributed by atoms with Crippen LogP contribution in [0.1, 0.15) is 5.56 Å². The number of hydrogen-bond acceptors (Lipinski definition) is 1. The molecule has 1 aromatic heterocycles. The summed E-state index contributed by atoms with van der Waals surface area (Å²) in [6.07, 6.45) is 0. The van der Waals surface area contributed by atoms with Crippen molar-refractivity contribution in [1.29, 1.82) is 5.26 Å². The number of hydrogen-bond donors (Lipinski definition) is 0. The second kappa shape index (κ2) is 13.0. The number of aromatic nitrogens is 1. The van der Waals surface area contributed by atoms with Crippen molar-refractivity contribution in [3.8, 4) is 56.3 Å². The smallest absolute Gasteiger partial charge is 0.188 e. The lowest BCUT2D eigenvalue weighted by Gasteiger charge is -2.18. The summed E-state index contributed by atoms with van der Waals surface area (Å²) in [4.78, 5) is 3.92. The van der Waals surface area contributed by atoms with E-state index in [0.717, 1.165) is 71.6 Å². The molecular formula is C52H31N3. The Labute approximate surface area is 319 Å². The fourth-order valence-electron chi connectivity index (χ4n) is 8.39. The van der Waals surface area contributed by atoms with Crippen LogP contribution in [0.25, 0.3) is 98.4 Å². The highest BCUT2D eigenvalue weighted by Gasteiger charge is 2.18. The standard InChI is InChI=1S/C52H31N3/c1-54-41-30-38(36-16-13-17-42(32-36)55-49-24-11-9-18-43(49)44-19-10-12-25-50(44)55)28-39(31-41)37-26-34(33-53)27-40(29-37)52-47-22-7-5-20-45(47)51(35-14-3-2-4-15-35)46-21-6-8-23-48(46)52/h2-32H. The van der Waals surface area contributed by atoms with E-state index in [2.05, 4.69) is 173 Å². The maximum Gasteiger partial charge on any atom is 0.188 e. The molecule has 3 nitrogen and oxygen atoms in total. The Hall–Kier alpha value is -7.72. The molecule has 0 atom stereocenters. The predicted octanol–water partition coefficient (Wildman–Crippen LogP) is 14.2. The van der Waals surface area contributed by atoms with E-state index < -0.39 is 0 Å². The molecule has 254 valence electrons. The molecule has 0 radical (unpaired) electrons. The van der Waals surface area contributed by atoms with Gasteiger partial charge in [-0.1, -0.05) is 127 Å². The average Bonchev–Trinajstić information content (AvgIpc) is 3.60. The summed E-state index contributed by atoms with van der Waals surface area (Å²) >= 11 is 0. The van der Waals surface area contributed by atoms with Gasteiger partial charge in [0.15, 0.2) is 5.69 Å². The minimum Gasteiger partial charge on any atom is -0.309 e. The lowest BCUT2D eigenvalue weighted by Crippen LogP contribution is -1.94. The number of fused-ring (bicyclic) bond motifs is 5. The van der Waals surface area contributed by atoms with E-state index >= 15 is 0 Å². The summed E-state index contributed by atoms with van der Waals surface area (Å²) in [5.74, 6) is 0. The van der Waals surface area contributed by atoms with Gasteiger partial charge in [-0.15, -0.1) is 0 Å². The van der Waals surface area contributed by atoms with Gasteiger partial charge in [-0.05, 0) is 127 Å². The van der Waals surface area contributed by atoms with Gasteiger partial charge in [0.25, 0.3) is 0 Å². The van der Waals surface area contributed by atoms with Crippen LogP contribution in [-0.2, 0) is 0 Å². The lowest BCUT2D eigenvalue weighted by atomic mass is 9.85. The Morgan fingerprint density at radius 1 is 0.400 bits per heavy atom. The Morgan fingerprint density at radius 3 is 1.44 bits per heavy atom. The van der Waals surface area contributed by atoms with Crippen LogP contribution in [0.3, 0.4) is 0 Å². The van der Waals surface area contributed by atoms with Crippen LogP contribution in [0.2, 0.25) is 0 Å². The zero-order chi connectivity index (χ0) is 36.9. The minimum atomic E-state index is 0.543. The van der Waals surface area contributed by atoms with Gasteiger partial charge < -0.3 is 4.57 Å². The van der Waals surface area contributed by atoms with Crippen molar-refractivity contribution >= 4 is 49.0 Å². The van der Waals surface area contributed by atoms with E-state index in [1.54, 1.807) is 0 Å². The number of rotatable bonds is 5. The van der Waals surface area contributed by atoms with Crippen LogP contribution in [0.5, 0.6) is 0 Å². The van der Waals surface area contributed by atoms with E-state index in [-0.39, 0.29) is 0 Å². The summed E-state index contributed by atoms with van der Waals surface area (Å²) in [6.45, 7) is 8.09. The molecule has 0 amide bonds. The molecule has 0 saturated heterocycles. The van der Waals surface area contributed by atoms with Crippen LogP contribution in [-0.4, -0.2) is 4.57 Å². The average molecular weight is 698 g/mol. The maximum absolute atomic E-state index is 10.4. The molecule has 55 heavy (non-hydrogen) atoms. The van der Waals surface area contributed by atoms with E-state index in [9.17, 15) is 5.26 Å². The first-order valence-electron chi connectivity index (χ1n) is 18.3. The first-order valence-corrected chi connectivity index (χ1v) is 18.3. The molecule has 3 heteroatoms. The van der Waals surface area contributed by atoms with Gasteiger partial charge in [0, 0.05) is 16.5 Å². The molecular weight excluding hydrogens is 667 g/mol. The quantitative estimate of drug-likeness (QED) is 0.130.